The van der Waals surface area contributed by atoms with Crippen LogP contribution in [0.25, 0.3) is 0 Å². The van der Waals surface area contributed by atoms with Crippen LogP contribution in [0.1, 0.15) is 70.0 Å². The molecule has 7 nitrogen and oxygen atoms in total. The van der Waals surface area contributed by atoms with Gasteiger partial charge < -0.3 is 10.1 Å². The van der Waals surface area contributed by atoms with Gasteiger partial charge in [0.25, 0.3) is 0 Å². The van der Waals surface area contributed by atoms with Crippen LogP contribution >= 0.6 is 0 Å². The molecule has 1 atom stereocenters. The lowest BCUT2D eigenvalue weighted by atomic mass is 9.85. The molecular weight excluding hydrogens is 521 g/mol. The van der Waals surface area contributed by atoms with Crippen LogP contribution in [0.4, 0.5) is 13.2 Å². The Kier molecular flexibility index (Phi) is 9.25. The monoisotopic (exact) mass is 554 g/mol. The molecule has 2 N–H and O–H groups in total. The average molecular weight is 555 g/mol. The van der Waals surface area contributed by atoms with Gasteiger partial charge in [-0.05, 0) is 76.3 Å². The Hall–Kier alpha value is -2.92. The summed E-state index contributed by atoms with van der Waals surface area (Å²) in [7, 11) is -4.01. The fourth-order valence-corrected chi connectivity index (χ4v) is 5.67. The van der Waals surface area contributed by atoms with Gasteiger partial charge >= 0.3 is 12.1 Å². The molecule has 1 saturated carbocycles. The van der Waals surface area contributed by atoms with Gasteiger partial charge in [0, 0.05) is 12.0 Å². The van der Waals surface area contributed by atoms with E-state index in [2.05, 4.69) is 10.0 Å². The van der Waals surface area contributed by atoms with Gasteiger partial charge in [0.15, 0.2) is 0 Å². The molecule has 0 aromatic heterocycles. The fourth-order valence-electron chi connectivity index (χ4n) is 4.36. The minimum absolute atomic E-state index is 0.0324. The molecule has 1 aliphatic carbocycles. The standard InChI is InChI=1S/C27H33F3N2O5S/c1-26(2,3)37-24(33)17-23(18-7-5-4-6-8-18)31-25(34)19-9-13-21(14-10-19)32-38(35,36)22-15-11-20(12-16-22)27(28,29)30/h4-8,11-12,15-16,19,21,23,32H,9-10,13-14,17H2,1-3H3,(H,31,34)/t19?,21?,23-/m1/s1. The molecule has 1 fully saturated rings. The van der Waals surface area contributed by atoms with Crippen molar-refractivity contribution in [2.45, 2.75) is 81.6 Å². The summed E-state index contributed by atoms with van der Waals surface area (Å²) in [4.78, 5) is 25.3. The highest BCUT2D eigenvalue weighted by Crippen LogP contribution is 2.31. The molecule has 0 radical (unpaired) electrons. The first kappa shape index (κ1) is 29.6. The number of hydrogen-bond acceptors (Lipinski definition) is 5. The minimum atomic E-state index is -4.55. The minimum Gasteiger partial charge on any atom is -0.460 e. The molecule has 0 saturated heterocycles. The number of rotatable bonds is 8. The topological polar surface area (TPSA) is 102 Å². The summed E-state index contributed by atoms with van der Waals surface area (Å²) in [5.41, 5.74) is -0.817. The van der Waals surface area contributed by atoms with Crippen molar-refractivity contribution >= 4 is 21.9 Å². The van der Waals surface area contributed by atoms with Crippen molar-refractivity contribution in [1.82, 2.24) is 10.0 Å². The Balaban J connectivity index is 1.58. The number of hydrogen-bond donors (Lipinski definition) is 2. The Morgan fingerprint density at radius 2 is 1.53 bits per heavy atom. The zero-order chi connectivity index (χ0) is 28.1. The third-order valence-electron chi connectivity index (χ3n) is 6.22. The molecule has 11 heteroatoms. The molecule has 2 aromatic carbocycles. The average Bonchev–Trinajstić information content (AvgIpc) is 2.83. The molecular formula is C27H33F3N2O5S. The van der Waals surface area contributed by atoms with Crippen molar-refractivity contribution in [3.05, 3.63) is 65.7 Å². The lowest BCUT2D eigenvalue weighted by molar-refractivity contribution is -0.155. The highest BCUT2D eigenvalue weighted by atomic mass is 32.2. The summed E-state index contributed by atoms with van der Waals surface area (Å²) in [6.45, 7) is 5.31. The Morgan fingerprint density at radius 3 is 2.05 bits per heavy atom. The Labute approximate surface area is 221 Å². The van der Waals surface area contributed by atoms with Gasteiger partial charge in [-0.15, -0.1) is 0 Å². The van der Waals surface area contributed by atoms with Crippen molar-refractivity contribution in [3.63, 3.8) is 0 Å². The van der Waals surface area contributed by atoms with E-state index in [1.54, 1.807) is 20.8 Å². The van der Waals surface area contributed by atoms with Crippen molar-refractivity contribution < 1.29 is 35.9 Å². The largest absolute Gasteiger partial charge is 0.460 e. The lowest BCUT2D eigenvalue weighted by Crippen LogP contribution is -2.42. The maximum atomic E-state index is 13.1. The zero-order valence-corrected chi connectivity index (χ0v) is 22.4. The van der Waals surface area contributed by atoms with Crippen molar-refractivity contribution in [2.24, 2.45) is 5.92 Å². The predicted molar refractivity (Wildman–Crippen MR) is 135 cm³/mol. The van der Waals surface area contributed by atoms with Gasteiger partial charge in [-0.25, -0.2) is 13.1 Å². The van der Waals surface area contributed by atoms with E-state index in [-0.39, 0.29) is 23.1 Å². The van der Waals surface area contributed by atoms with Crippen LogP contribution in [-0.2, 0) is 30.5 Å². The summed E-state index contributed by atoms with van der Waals surface area (Å²) in [5, 5.41) is 2.96. The van der Waals surface area contributed by atoms with Crippen molar-refractivity contribution in [2.75, 3.05) is 0 Å². The molecule has 0 heterocycles. The summed E-state index contributed by atoms with van der Waals surface area (Å²) >= 11 is 0. The van der Waals surface area contributed by atoms with Crippen LogP contribution in [0.5, 0.6) is 0 Å². The number of carbonyl (C=O) groups is 2. The predicted octanol–water partition coefficient (Wildman–Crippen LogP) is 5.13. The number of halogens is 3. The number of esters is 1. The molecule has 1 amide bonds. The third-order valence-corrected chi connectivity index (χ3v) is 7.76. The van der Waals surface area contributed by atoms with Crippen LogP contribution in [0.2, 0.25) is 0 Å². The first-order valence-corrected chi connectivity index (χ1v) is 13.9. The van der Waals surface area contributed by atoms with Gasteiger partial charge in [0.1, 0.15) is 5.60 Å². The number of amides is 1. The normalized spacial score (nSPS) is 19.4. The summed E-state index contributed by atoms with van der Waals surface area (Å²) in [5.74, 6) is -1.04. The number of nitrogens with one attached hydrogen (secondary N) is 2. The Bertz CT molecular complexity index is 1200. The zero-order valence-electron chi connectivity index (χ0n) is 21.5. The van der Waals surface area contributed by atoms with E-state index in [0.717, 1.165) is 29.8 Å². The van der Waals surface area contributed by atoms with Gasteiger partial charge in [-0.2, -0.15) is 13.2 Å². The number of sulfonamides is 1. The first-order chi connectivity index (χ1) is 17.6. The molecule has 2 aromatic rings. The molecule has 0 spiro atoms. The second-order valence-corrected chi connectivity index (χ2v) is 12.2. The first-order valence-electron chi connectivity index (χ1n) is 12.4. The van der Waals surface area contributed by atoms with Gasteiger partial charge in [0.2, 0.25) is 15.9 Å². The van der Waals surface area contributed by atoms with Crippen molar-refractivity contribution in [1.29, 1.82) is 0 Å². The summed E-state index contributed by atoms with van der Waals surface area (Å²) in [6.07, 6.45) is -2.98. The van der Waals surface area contributed by atoms with Crippen LogP contribution in [0.15, 0.2) is 59.5 Å². The van der Waals surface area contributed by atoms with E-state index < -0.39 is 45.4 Å². The van der Waals surface area contributed by atoms with E-state index in [1.165, 1.54) is 0 Å². The van der Waals surface area contributed by atoms with Gasteiger partial charge in [-0.1, -0.05) is 30.3 Å². The van der Waals surface area contributed by atoms with E-state index in [1.807, 2.05) is 30.3 Å². The molecule has 208 valence electrons. The SMILES string of the molecule is CC(C)(C)OC(=O)C[C@@H](NC(=O)C1CCC(NS(=O)(=O)c2ccc(C(F)(F)F)cc2)CC1)c1ccccc1. The van der Waals surface area contributed by atoms with Gasteiger partial charge in [-0.3, -0.25) is 9.59 Å². The van der Waals surface area contributed by atoms with Crippen molar-refractivity contribution in [3.8, 4) is 0 Å². The van der Waals surface area contributed by atoms with Gasteiger partial charge in [0.05, 0.1) is 22.9 Å². The lowest BCUT2D eigenvalue weighted by Gasteiger charge is -2.30. The molecule has 38 heavy (non-hydrogen) atoms. The van der Waals surface area contributed by atoms with E-state index in [0.29, 0.717) is 25.7 Å². The smallest absolute Gasteiger partial charge is 0.416 e. The molecule has 1 aliphatic rings. The van der Waals surface area contributed by atoms with E-state index in [9.17, 15) is 31.2 Å². The number of alkyl halides is 3. The van der Waals surface area contributed by atoms with Crippen LogP contribution in [0, 0.1) is 5.92 Å². The number of carbonyl (C=O) groups excluding carboxylic acids is 2. The molecule has 0 bridgehead atoms. The highest BCUT2D eigenvalue weighted by molar-refractivity contribution is 7.89. The molecule has 0 unspecified atom stereocenters. The number of benzene rings is 2. The van der Waals surface area contributed by atoms with E-state index >= 15 is 0 Å². The van der Waals surface area contributed by atoms with Crippen LogP contribution < -0.4 is 10.0 Å². The molecule has 0 aliphatic heterocycles. The third kappa shape index (κ3) is 8.56. The van der Waals surface area contributed by atoms with E-state index in [4.69, 9.17) is 4.74 Å². The second-order valence-electron chi connectivity index (χ2n) is 10.5. The quantitative estimate of drug-likeness (QED) is 0.441. The van der Waals surface area contributed by atoms with Crippen LogP contribution in [-0.4, -0.2) is 31.9 Å². The fraction of sp³-hybridized carbons (Fsp3) is 0.481. The van der Waals surface area contributed by atoms with Crippen LogP contribution in [0.3, 0.4) is 0 Å². The Morgan fingerprint density at radius 1 is 0.947 bits per heavy atom. The second kappa shape index (κ2) is 11.9. The number of ether oxygens (including phenoxy) is 1. The summed E-state index contributed by atoms with van der Waals surface area (Å²) < 4.78 is 71.6. The molecule has 3 rings (SSSR count). The maximum Gasteiger partial charge on any atom is 0.416 e. The highest BCUT2D eigenvalue weighted by Gasteiger charge is 2.33. The maximum absolute atomic E-state index is 13.1. The summed E-state index contributed by atoms with van der Waals surface area (Å²) in [6, 6.07) is 11.4.